The van der Waals surface area contributed by atoms with E-state index in [1.165, 1.54) is 16.0 Å². The van der Waals surface area contributed by atoms with Crippen molar-refractivity contribution >= 4 is 16.1 Å². The summed E-state index contributed by atoms with van der Waals surface area (Å²) in [6, 6.07) is 11.0. The predicted octanol–water partition coefficient (Wildman–Crippen LogP) is 2.32. The molecule has 0 N–H and O–H groups in total. The Kier molecular flexibility index (Phi) is 5.22. The van der Waals surface area contributed by atoms with Crippen molar-refractivity contribution in [3.8, 4) is 5.88 Å². The summed E-state index contributed by atoms with van der Waals surface area (Å²) in [5.74, 6) is 0.467. The van der Waals surface area contributed by atoms with Gasteiger partial charge in [-0.1, -0.05) is 30.3 Å². The summed E-state index contributed by atoms with van der Waals surface area (Å²) < 4.78 is 32.3. The van der Waals surface area contributed by atoms with Gasteiger partial charge in [0.15, 0.2) is 0 Å². The largest absolute Gasteiger partial charge is 0.473 e. The van der Waals surface area contributed by atoms with Gasteiger partial charge in [0, 0.05) is 24.2 Å². The highest BCUT2D eigenvalue weighted by molar-refractivity contribution is 7.92. The fourth-order valence-electron chi connectivity index (χ4n) is 2.57. The van der Waals surface area contributed by atoms with Gasteiger partial charge in [-0.05, 0) is 24.5 Å². The zero-order valence-corrected chi connectivity index (χ0v) is 14.0. The molecule has 1 aromatic carbocycles. The summed E-state index contributed by atoms with van der Waals surface area (Å²) >= 11 is 0. The van der Waals surface area contributed by atoms with Gasteiger partial charge in [-0.15, -0.1) is 0 Å². The average Bonchev–Trinajstić information content (AvgIpc) is 2.62. The van der Waals surface area contributed by atoms with Crippen LogP contribution in [0, 0.1) is 0 Å². The van der Waals surface area contributed by atoms with Gasteiger partial charge in [0.1, 0.15) is 12.4 Å². The number of aromatic nitrogens is 2. The normalized spacial score (nSPS) is 19.4. The minimum atomic E-state index is -3.47. The topological polar surface area (TPSA) is 72.4 Å². The lowest BCUT2D eigenvalue weighted by Crippen LogP contribution is -2.43. The molecule has 1 fully saturated rings. The maximum absolute atomic E-state index is 12.5. The highest BCUT2D eigenvalue weighted by Crippen LogP contribution is 2.19. The number of sulfonamides is 1. The molecule has 24 heavy (non-hydrogen) atoms. The van der Waals surface area contributed by atoms with Crippen molar-refractivity contribution in [3.63, 3.8) is 0 Å². The number of hydrogen-bond acceptors (Lipinski definition) is 5. The van der Waals surface area contributed by atoms with Crippen LogP contribution in [0.2, 0.25) is 0 Å². The first-order valence-electron chi connectivity index (χ1n) is 7.79. The molecule has 2 aromatic rings. The van der Waals surface area contributed by atoms with Crippen LogP contribution in [-0.4, -0.2) is 41.9 Å². The minimum Gasteiger partial charge on any atom is -0.473 e. The molecular formula is C17H19N3O3S. The van der Waals surface area contributed by atoms with Gasteiger partial charge >= 0.3 is 0 Å². The number of rotatable bonds is 5. The van der Waals surface area contributed by atoms with Crippen LogP contribution in [0.25, 0.3) is 6.08 Å². The standard InChI is InChI=1S/C17H19N3O3S/c21-24(22,12-9-15-5-2-1-3-6-15)20-11-4-7-16(13-20)23-17-8-10-18-14-19-17/h1-3,5-6,8-10,12,14,16H,4,7,11,13H2/b12-9+. The lowest BCUT2D eigenvalue weighted by Gasteiger charge is -2.30. The van der Waals surface area contributed by atoms with E-state index < -0.39 is 10.0 Å². The summed E-state index contributed by atoms with van der Waals surface area (Å²) in [5, 5.41) is 1.26. The molecule has 1 unspecified atom stereocenters. The Hall–Kier alpha value is -2.25. The predicted molar refractivity (Wildman–Crippen MR) is 91.7 cm³/mol. The molecule has 1 atom stereocenters. The highest BCUT2D eigenvalue weighted by Gasteiger charge is 2.28. The van der Waals surface area contributed by atoms with E-state index in [-0.39, 0.29) is 6.10 Å². The zero-order valence-electron chi connectivity index (χ0n) is 13.2. The minimum absolute atomic E-state index is 0.200. The molecule has 1 saturated heterocycles. The van der Waals surface area contributed by atoms with Crippen LogP contribution in [0.15, 0.2) is 54.3 Å². The van der Waals surface area contributed by atoms with Crippen LogP contribution < -0.4 is 4.74 Å². The maximum atomic E-state index is 12.5. The molecule has 1 aromatic heterocycles. The van der Waals surface area contributed by atoms with Crippen LogP contribution in [0.4, 0.5) is 0 Å². The van der Waals surface area contributed by atoms with Crippen molar-refractivity contribution in [1.82, 2.24) is 14.3 Å². The Morgan fingerprint density at radius 2 is 2.04 bits per heavy atom. The number of piperidine rings is 1. The molecule has 6 nitrogen and oxygen atoms in total. The van der Waals surface area contributed by atoms with E-state index in [4.69, 9.17) is 4.74 Å². The van der Waals surface area contributed by atoms with Crippen molar-refractivity contribution in [1.29, 1.82) is 0 Å². The third-order valence-corrected chi connectivity index (χ3v) is 5.31. The summed E-state index contributed by atoms with van der Waals surface area (Å²) in [5.41, 5.74) is 0.854. The van der Waals surface area contributed by atoms with Gasteiger partial charge in [-0.3, -0.25) is 0 Å². The van der Waals surface area contributed by atoms with Crippen LogP contribution in [0.5, 0.6) is 5.88 Å². The van der Waals surface area contributed by atoms with Crippen molar-refractivity contribution in [2.45, 2.75) is 18.9 Å². The maximum Gasteiger partial charge on any atom is 0.236 e. The molecule has 0 amide bonds. The molecule has 0 aliphatic carbocycles. The van der Waals surface area contributed by atoms with Gasteiger partial charge in [0.2, 0.25) is 15.9 Å². The van der Waals surface area contributed by atoms with E-state index in [0.29, 0.717) is 19.0 Å². The van der Waals surface area contributed by atoms with Crippen molar-refractivity contribution in [2.24, 2.45) is 0 Å². The van der Waals surface area contributed by atoms with E-state index in [1.807, 2.05) is 30.3 Å². The Morgan fingerprint density at radius 1 is 1.21 bits per heavy atom. The van der Waals surface area contributed by atoms with E-state index in [9.17, 15) is 8.42 Å². The van der Waals surface area contributed by atoms with Crippen LogP contribution in [0.3, 0.4) is 0 Å². The molecule has 126 valence electrons. The van der Waals surface area contributed by atoms with E-state index in [0.717, 1.165) is 18.4 Å². The molecule has 0 spiro atoms. The first-order chi connectivity index (χ1) is 11.6. The van der Waals surface area contributed by atoms with E-state index in [1.54, 1.807) is 18.3 Å². The molecule has 7 heteroatoms. The van der Waals surface area contributed by atoms with Gasteiger partial charge in [-0.25, -0.2) is 18.4 Å². The number of nitrogens with zero attached hydrogens (tertiary/aromatic N) is 3. The fraction of sp³-hybridized carbons (Fsp3) is 0.294. The summed E-state index contributed by atoms with van der Waals surface area (Å²) in [4.78, 5) is 7.86. The Balaban J connectivity index is 1.66. The first kappa shape index (κ1) is 16.6. The van der Waals surface area contributed by atoms with Gasteiger partial charge in [0.05, 0.1) is 6.54 Å². The van der Waals surface area contributed by atoms with Crippen LogP contribution in [-0.2, 0) is 10.0 Å². The van der Waals surface area contributed by atoms with Crippen molar-refractivity contribution in [3.05, 3.63) is 59.9 Å². The SMILES string of the molecule is O=S(=O)(/C=C/c1ccccc1)N1CCCC(Oc2ccncn2)C1. The number of hydrogen-bond donors (Lipinski definition) is 0. The molecule has 3 rings (SSSR count). The molecule has 2 heterocycles. The lowest BCUT2D eigenvalue weighted by atomic mass is 10.1. The molecule has 0 saturated carbocycles. The van der Waals surface area contributed by atoms with Crippen LogP contribution in [0.1, 0.15) is 18.4 Å². The molecule has 0 bridgehead atoms. The quantitative estimate of drug-likeness (QED) is 0.831. The molecule has 0 radical (unpaired) electrons. The number of benzene rings is 1. The molecule has 1 aliphatic rings. The third-order valence-electron chi connectivity index (χ3n) is 3.78. The second-order valence-electron chi connectivity index (χ2n) is 5.55. The van der Waals surface area contributed by atoms with Gasteiger partial charge in [-0.2, -0.15) is 4.31 Å². The van der Waals surface area contributed by atoms with Crippen molar-refractivity contribution in [2.75, 3.05) is 13.1 Å². The molecular weight excluding hydrogens is 326 g/mol. The Labute approximate surface area is 141 Å². The molecule has 1 aliphatic heterocycles. The Morgan fingerprint density at radius 3 is 2.79 bits per heavy atom. The zero-order chi connectivity index (χ0) is 16.8. The number of ether oxygens (including phenoxy) is 1. The van der Waals surface area contributed by atoms with Gasteiger partial charge in [0.25, 0.3) is 0 Å². The summed E-state index contributed by atoms with van der Waals surface area (Å²) in [6.07, 6.45) is 5.99. The highest BCUT2D eigenvalue weighted by atomic mass is 32.2. The second-order valence-corrected chi connectivity index (χ2v) is 7.36. The van der Waals surface area contributed by atoms with Gasteiger partial charge < -0.3 is 4.74 Å². The lowest BCUT2D eigenvalue weighted by molar-refractivity contribution is 0.125. The average molecular weight is 345 g/mol. The van der Waals surface area contributed by atoms with Crippen molar-refractivity contribution < 1.29 is 13.2 Å². The second kappa shape index (κ2) is 7.55. The summed E-state index contributed by atoms with van der Waals surface area (Å²) in [6.45, 7) is 0.830. The first-order valence-corrected chi connectivity index (χ1v) is 9.30. The smallest absolute Gasteiger partial charge is 0.236 e. The summed E-state index contributed by atoms with van der Waals surface area (Å²) in [7, 11) is -3.47. The van der Waals surface area contributed by atoms with E-state index >= 15 is 0 Å². The third kappa shape index (κ3) is 4.39. The Bertz CT molecular complexity index is 779. The fourth-order valence-corrected chi connectivity index (χ4v) is 3.82. The van der Waals surface area contributed by atoms with E-state index in [2.05, 4.69) is 9.97 Å². The monoisotopic (exact) mass is 345 g/mol. The van der Waals surface area contributed by atoms with Crippen LogP contribution >= 0.6 is 0 Å².